The summed E-state index contributed by atoms with van der Waals surface area (Å²) in [6.45, 7) is 5.20. The molecule has 0 atom stereocenters. The number of ether oxygens (including phenoxy) is 1. The van der Waals surface area contributed by atoms with Crippen LogP contribution in [0.25, 0.3) is 0 Å². The van der Waals surface area contributed by atoms with Crippen molar-refractivity contribution in [2.24, 2.45) is 7.05 Å². The van der Waals surface area contributed by atoms with Gasteiger partial charge in [-0.1, -0.05) is 0 Å². The van der Waals surface area contributed by atoms with E-state index in [2.05, 4.69) is 10.4 Å². The lowest BCUT2D eigenvalue weighted by Gasteiger charge is -2.19. The van der Waals surface area contributed by atoms with Gasteiger partial charge in [0.1, 0.15) is 5.60 Å². The van der Waals surface area contributed by atoms with E-state index in [1.807, 2.05) is 0 Å². The first-order chi connectivity index (χ1) is 7.70. The van der Waals surface area contributed by atoms with Crippen LogP contribution in [0.4, 0.5) is 10.5 Å². The smallest absolute Gasteiger partial charge is 0.444 e. The Morgan fingerprint density at radius 2 is 2.12 bits per heavy atom. The molecule has 0 aliphatic rings. The third-order valence-corrected chi connectivity index (χ3v) is 1.86. The first-order valence-electron chi connectivity index (χ1n) is 5.09. The maximum Gasteiger partial charge on any atom is 0.509 e. The Labute approximate surface area is 99.5 Å². The normalized spacial score (nSPS) is 11.2. The van der Waals surface area contributed by atoms with Crippen molar-refractivity contribution < 1.29 is 19.6 Å². The molecule has 0 spiro atoms. The molecule has 8 heteroatoms. The molecule has 0 aliphatic heterocycles. The summed E-state index contributed by atoms with van der Waals surface area (Å²) in [6.07, 6.45) is 0.644. The van der Waals surface area contributed by atoms with Crippen LogP contribution in [0.3, 0.4) is 0 Å². The first-order valence-corrected chi connectivity index (χ1v) is 5.09. The zero-order valence-electron chi connectivity index (χ0n) is 10.3. The summed E-state index contributed by atoms with van der Waals surface area (Å²) in [7, 11) is -0.179. The Balaban J connectivity index is 2.79. The second-order valence-corrected chi connectivity index (χ2v) is 4.57. The Morgan fingerprint density at radius 3 is 2.59 bits per heavy atom. The molecule has 1 aromatic heterocycles. The Hall–Kier alpha value is -1.54. The minimum atomic E-state index is -1.72. The topological polar surface area (TPSA) is 96.6 Å². The van der Waals surface area contributed by atoms with Gasteiger partial charge in [0.05, 0.1) is 17.5 Å². The SMILES string of the molecule is Cn1ncc(NC(=O)OC(C)(C)C)c1B(O)O. The molecule has 1 heterocycles. The number of amides is 1. The van der Waals surface area contributed by atoms with E-state index in [4.69, 9.17) is 14.8 Å². The zero-order valence-corrected chi connectivity index (χ0v) is 10.3. The van der Waals surface area contributed by atoms with E-state index >= 15 is 0 Å². The van der Waals surface area contributed by atoms with Crippen molar-refractivity contribution in [1.29, 1.82) is 0 Å². The van der Waals surface area contributed by atoms with Gasteiger partial charge < -0.3 is 14.8 Å². The molecule has 0 unspecified atom stereocenters. The van der Waals surface area contributed by atoms with E-state index in [1.54, 1.807) is 20.8 Å². The fraction of sp³-hybridized carbons (Fsp3) is 0.556. The second kappa shape index (κ2) is 4.76. The fourth-order valence-electron chi connectivity index (χ4n) is 1.26. The van der Waals surface area contributed by atoms with Crippen molar-refractivity contribution in [1.82, 2.24) is 9.78 Å². The van der Waals surface area contributed by atoms with Gasteiger partial charge >= 0.3 is 13.2 Å². The molecule has 0 fully saturated rings. The van der Waals surface area contributed by atoms with Crippen LogP contribution < -0.4 is 10.9 Å². The number of nitrogens with one attached hydrogen (secondary N) is 1. The quantitative estimate of drug-likeness (QED) is 0.603. The summed E-state index contributed by atoms with van der Waals surface area (Å²) in [6, 6.07) is 0. The van der Waals surface area contributed by atoms with E-state index in [9.17, 15) is 4.79 Å². The summed E-state index contributed by atoms with van der Waals surface area (Å²) in [5.74, 6) is 0. The predicted molar refractivity (Wildman–Crippen MR) is 62.9 cm³/mol. The molecule has 0 saturated heterocycles. The zero-order chi connectivity index (χ0) is 13.2. The van der Waals surface area contributed by atoms with Crippen LogP contribution in [0.2, 0.25) is 0 Å². The number of carbonyl (C=O) groups excluding carboxylic acids is 1. The van der Waals surface area contributed by atoms with Gasteiger partial charge in [0.15, 0.2) is 0 Å². The molecule has 0 saturated carbocycles. The van der Waals surface area contributed by atoms with Gasteiger partial charge in [-0.2, -0.15) is 5.10 Å². The molecule has 17 heavy (non-hydrogen) atoms. The average Bonchev–Trinajstić information content (AvgIpc) is 2.42. The van der Waals surface area contributed by atoms with Gasteiger partial charge in [-0.25, -0.2) is 4.79 Å². The van der Waals surface area contributed by atoms with Gasteiger partial charge in [0, 0.05) is 7.05 Å². The monoisotopic (exact) mass is 241 g/mol. The molecule has 3 N–H and O–H groups in total. The number of aryl methyl sites for hydroxylation is 1. The molecule has 94 valence electrons. The number of hydrogen-bond acceptors (Lipinski definition) is 5. The van der Waals surface area contributed by atoms with Crippen LogP contribution >= 0.6 is 0 Å². The molecular formula is C9H16BN3O4. The molecule has 0 aliphatic carbocycles. The van der Waals surface area contributed by atoms with Gasteiger partial charge in [0.25, 0.3) is 0 Å². The van der Waals surface area contributed by atoms with Gasteiger partial charge in [-0.15, -0.1) is 0 Å². The van der Waals surface area contributed by atoms with E-state index in [0.717, 1.165) is 0 Å². The lowest BCUT2D eigenvalue weighted by molar-refractivity contribution is 0.0636. The Kier molecular flexibility index (Phi) is 3.79. The fourth-order valence-corrected chi connectivity index (χ4v) is 1.26. The van der Waals surface area contributed by atoms with E-state index in [0.29, 0.717) is 0 Å². The van der Waals surface area contributed by atoms with Crippen LogP contribution in [0.1, 0.15) is 20.8 Å². The molecule has 0 bridgehead atoms. The van der Waals surface area contributed by atoms with E-state index in [1.165, 1.54) is 17.9 Å². The third kappa shape index (κ3) is 3.75. The summed E-state index contributed by atoms with van der Waals surface area (Å²) in [5.41, 5.74) is -0.322. The number of nitrogens with zero attached hydrogens (tertiary/aromatic N) is 2. The predicted octanol–water partition coefficient (Wildman–Crippen LogP) is -0.553. The number of hydrogen-bond donors (Lipinski definition) is 3. The minimum absolute atomic E-state index is 0.0934. The van der Waals surface area contributed by atoms with Crippen molar-refractivity contribution in [2.75, 3.05) is 5.32 Å². The van der Waals surface area contributed by atoms with Gasteiger partial charge in [-0.05, 0) is 20.8 Å². The van der Waals surface area contributed by atoms with Crippen LogP contribution in [-0.4, -0.2) is 38.6 Å². The molecule has 1 amide bonds. The number of rotatable bonds is 2. The third-order valence-electron chi connectivity index (χ3n) is 1.86. The maximum absolute atomic E-state index is 11.5. The Bertz CT molecular complexity index is 411. The summed E-state index contributed by atoms with van der Waals surface area (Å²) in [4.78, 5) is 11.5. The highest BCUT2D eigenvalue weighted by Gasteiger charge is 2.24. The minimum Gasteiger partial charge on any atom is -0.444 e. The number of anilines is 1. The largest absolute Gasteiger partial charge is 0.509 e. The van der Waals surface area contributed by atoms with Crippen molar-refractivity contribution in [3.63, 3.8) is 0 Å². The van der Waals surface area contributed by atoms with Crippen LogP contribution in [0.5, 0.6) is 0 Å². The van der Waals surface area contributed by atoms with E-state index < -0.39 is 18.8 Å². The molecule has 1 aromatic rings. The van der Waals surface area contributed by atoms with Crippen LogP contribution in [0, 0.1) is 0 Å². The second-order valence-electron chi connectivity index (χ2n) is 4.57. The molecule has 0 radical (unpaired) electrons. The highest BCUT2D eigenvalue weighted by atomic mass is 16.6. The summed E-state index contributed by atoms with van der Waals surface area (Å²) >= 11 is 0. The maximum atomic E-state index is 11.5. The van der Waals surface area contributed by atoms with E-state index in [-0.39, 0.29) is 11.3 Å². The molecule has 0 aromatic carbocycles. The van der Waals surface area contributed by atoms with Crippen LogP contribution in [-0.2, 0) is 11.8 Å². The lowest BCUT2D eigenvalue weighted by Crippen LogP contribution is -2.38. The van der Waals surface area contributed by atoms with Crippen molar-refractivity contribution >= 4 is 24.5 Å². The van der Waals surface area contributed by atoms with Crippen molar-refractivity contribution in [2.45, 2.75) is 26.4 Å². The molecule has 1 rings (SSSR count). The molecular weight excluding hydrogens is 225 g/mol. The lowest BCUT2D eigenvalue weighted by atomic mass is 9.85. The number of carbonyl (C=O) groups is 1. The van der Waals surface area contributed by atoms with Gasteiger partial charge in [0.2, 0.25) is 0 Å². The van der Waals surface area contributed by atoms with Crippen molar-refractivity contribution in [3.05, 3.63) is 6.20 Å². The summed E-state index contributed by atoms with van der Waals surface area (Å²) in [5, 5.41) is 24.5. The van der Waals surface area contributed by atoms with Crippen LogP contribution in [0.15, 0.2) is 6.20 Å². The molecule has 7 nitrogen and oxygen atoms in total. The summed E-state index contributed by atoms with van der Waals surface area (Å²) < 4.78 is 6.30. The average molecular weight is 241 g/mol. The Morgan fingerprint density at radius 1 is 1.53 bits per heavy atom. The van der Waals surface area contributed by atoms with Gasteiger partial charge in [-0.3, -0.25) is 10.00 Å². The number of aromatic nitrogens is 2. The highest BCUT2D eigenvalue weighted by molar-refractivity contribution is 6.59. The first kappa shape index (κ1) is 13.5. The highest BCUT2D eigenvalue weighted by Crippen LogP contribution is 2.10. The van der Waals surface area contributed by atoms with Crippen molar-refractivity contribution in [3.8, 4) is 0 Å². The standard InChI is InChI=1S/C9H16BN3O4/c1-9(2,3)17-8(14)12-6-5-11-13(4)7(6)10(15)16/h5,15-16H,1-4H3,(H,12,14).